The van der Waals surface area contributed by atoms with E-state index in [1.165, 1.54) is 10.1 Å². The Morgan fingerprint density at radius 1 is 0.857 bits per heavy atom. The van der Waals surface area contributed by atoms with E-state index in [2.05, 4.69) is 12.1 Å². The van der Waals surface area contributed by atoms with Gasteiger partial charge in [-0.1, -0.05) is 30.3 Å². The van der Waals surface area contributed by atoms with Crippen LogP contribution >= 0.6 is 11.3 Å². The second-order valence-electron chi connectivity index (χ2n) is 3.25. The Hall–Kier alpha value is -1.54. The Kier molecular flexibility index (Phi) is 1.52. The molecule has 68 valence electrons. The quantitative estimate of drug-likeness (QED) is 0.585. The molecular weight excluding hydrogens is 192 g/mol. The SMILES string of the molecule is Oc1cccc2c1sc1ccccc12. The van der Waals surface area contributed by atoms with E-state index in [1.54, 1.807) is 17.4 Å². The lowest BCUT2D eigenvalue weighted by Crippen LogP contribution is -1.65. The molecule has 0 aliphatic rings. The third kappa shape index (κ3) is 0.946. The summed E-state index contributed by atoms with van der Waals surface area (Å²) in [5.41, 5.74) is 0. The van der Waals surface area contributed by atoms with Gasteiger partial charge in [-0.15, -0.1) is 11.3 Å². The molecule has 1 aromatic heterocycles. The molecule has 2 heteroatoms. The molecule has 1 nitrogen and oxygen atoms in total. The van der Waals surface area contributed by atoms with Gasteiger partial charge < -0.3 is 5.11 Å². The van der Waals surface area contributed by atoms with E-state index in [4.69, 9.17) is 0 Å². The molecule has 0 atom stereocenters. The summed E-state index contributed by atoms with van der Waals surface area (Å²) in [6.45, 7) is 0. The topological polar surface area (TPSA) is 20.2 Å². The Morgan fingerprint density at radius 2 is 1.64 bits per heavy atom. The standard InChI is InChI=1S/C12H8OS/c13-10-6-3-5-9-8-4-1-2-7-11(8)14-12(9)10/h1-7,13H. The average molecular weight is 200 g/mol. The fraction of sp³-hybridized carbons (Fsp3) is 0. The number of fused-ring (bicyclic) bond motifs is 3. The zero-order valence-electron chi connectivity index (χ0n) is 7.40. The van der Waals surface area contributed by atoms with Crippen molar-refractivity contribution in [1.82, 2.24) is 0 Å². The molecule has 0 spiro atoms. The summed E-state index contributed by atoms with van der Waals surface area (Å²) in [6, 6.07) is 13.9. The van der Waals surface area contributed by atoms with Gasteiger partial charge in [0.15, 0.2) is 0 Å². The van der Waals surface area contributed by atoms with Crippen LogP contribution in [-0.2, 0) is 0 Å². The zero-order valence-corrected chi connectivity index (χ0v) is 8.21. The fourth-order valence-corrected chi connectivity index (χ4v) is 2.85. The minimum atomic E-state index is 0.378. The molecule has 0 saturated carbocycles. The van der Waals surface area contributed by atoms with Crippen LogP contribution in [0.4, 0.5) is 0 Å². The van der Waals surface area contributed by atoms with Crippen molar-refractivity contribution in [3.63, 3.8) is 0 Å². The molecule has 0 amide bonds. The monoisotopic (exact) mass is 200 g/mol. The molecule has 1 heterocycles. The van der Waals surface area contributed by atoms with Crippen molar-refractivity contribution in [1.29, 1.82) is 0 Å². The van der Waals surface area contributed by atoms with Crippen LogP contribution in [0.15, 0.2) is 42.5 Å². The molecule has 2 aromatic carbocycles. The van der Waals surface area contributed by atoms with Crippen molar-refractivity contribution >= 4 is 31.5 Å². The highest BCUT2D eigenvalue weighted by Crippen LogP contribution is 2.38. The molecule has 3 rings (SSSR count). The second kappa shape index (κ2) is 2.72. The van der Waals surface area contributed by atoms with E-state index in [0.717, 1.165) is 10.1 Å². The highest BCUT2D eigenvalue weighted by Gasteiger charge is 2.06. The molecule has 0 fully saturated rings. The first kappa shape index (κ1) is 7.83. The van der Waals surface area contributed by atoms with Gasteiger partial charge in [-0.3, -0.25) is 0 Å². The minimum absolute atomic E-state index is 0.378. The van der Waals surface area contributed by atoms with E-state index < -0.39 is 0 Å². The van der Waals surface area contributed by atoms with Crippen molar-refractivity contribution in [2.24, 2.45) is 0 Å². The lowest BCUT2D eigenvalue weighted by Gasteiger charge is -1.92. The van der Waals surface area contributed by atoms with Crippen molar-refractivity contribution in [3.8, 4) is 5.75 Å². The van der Waals surface area contributed by atoms with Crippen molar-refractivity contribution < 1.29 is 5.11 Å². The van der Waals surface area contributed by atoms with E-state index in [1.807, 2.05) is 24.3 Å². The predicted molar refractivity (Wildman–Crippen MR) is 61.0 cm³/mol. The summed E-state index contributed by atoms with van der Waals surface area (Å²) in [4.78, 5) is 0. The summed E-state index contributed by atoms with van der Waals surface area (Å²) in [5, 5.41) is 12.1. The van der Waals surface area contributed by atoms with E-state index >= 15 is 0 Å². The van der Waals surface area contributed by atoms with Crippen LogP contribution in [0.1, 0.15) is 0 Å². The smallest absolute Gasteiger partial charge is 0.133 e. The summed E-state index contributed by atoms with van der Waals surface area (Å²) < 4.78 is 2.21. The van der Waals surface area contributed by atoms with E-state index in [-0.39, 0.29) is 0 Å². The summed E-state index contributed by atoms with van der Waals surface area (Å²) in [7, 11) is 0. The fourth-order valence-electron chi connectivity index (χ4n) is 1.73. The number of thiophene rings is 1. The zero-order chi connectivity index (χ0) is 9.54. The van der Waals surface area contributed by atoms with E-state index in [9.17, 15) is 5.11 Å². The lowest BCUT2D eigenvalue weighted by atomic mass is 10.1. The maximum Gasteiger partial charge on any atom is 0.133 e. The Morgan fingerprint density at radius 3 is 2.57 bits per heavy atom. The van der Waals surface area contributed by atoms with Crippen LogP contribution in [0.3, 0.4) is 0 Å². The maximum atomic E-state index is 9.68. The van der Waals surface area contributed by atoms with Gasteiger partial charge in [0.2, 0.25) is 0 Å². The van der Waals surface area contributed by atoms with E-state index in [0.29, 0.717) is 5.75 Å². The van der Waals surface area contributed by atoms with Gasteiger partial charge in [0, 0.05) is 15.5 Å². The van der Waals surface area contributed by atoms with Gasteiger partial charge in [-0.25, -0.2) is 0 Å². The van der Waals surface area contributed by atoms with Gasteiger partial charge in [0.25, 0.3) is 0 Å². The molecule has 0 aliphatic heterocycles. The summed E-state index contributed by atoms with van der Waals surface area (Å²) in [6.07, 6.45) is 0. The number of hydrogen-bond acceptors (Lipinski definition) is 2. The molecule has 0 bridgehead atoms. The Balaban J connectivity index is 2.63. The van der Waals surface area contributed by atoms with Gasteiger partial charge in [0.1, 0.15) is 5.75 Å². The molecule has 1 N–H and O–H groups in total. The number of benzene rings is 2. The first-order valence-corrected chi connectivity index (χ1v) is 5.27. The van der Waals surface area contributed by atoms with Gasteiger partial charge in [-0.2, -0.15) is 0 Å². The molecule has 14 heavy (non-hydrogen) atoms. The summed E-state index contributed by atoms with van der Waals surface area (Å²) >= 11 is 1.64. The van der Waals surface area contributed by atoms with Gasteiger partial charge in [0.05, 0.1) is 4.70 Å². The highest BCUT2D eigenvalue weighted by molar-refractivity contribution is 7.26. The number of phenolic OH excluding ortho intramolecular Hbond substituents is 1. The summed E-state index contributed by atoms with van der Waals surface area (Å²) in [5.74, 6) is 0.378. The molecule has 0 radical (unpaired) electrons. The minimum Gasteiger partial charge on any atom is -0.506 e. The van der Waals surface area contributed by atoms with Crippen LogP contribution in [0.5, 0.6) is 5.75 Å². The first-order valence-electron chi connectivity index (χ1n) is 4.45. The molecule has 3 aromatic rings. The van der Waals surface area contributed by atoms with Gasteiger partial charge >= 0.3 is 0 Å². The largest absolute Gasteiger partial charge is 0.506 e. The number of hydrogen-bond donors (Lipinski definition) is 1. The third-order valence-electron chi connectivity index (χ3n) is 2.38. The second-order valence-corrected chi connectivity index (χ2v) is 4.30. The van der Waals surface area contributed by atoms with Crippen LogP contribution in [-0.4, -0.2) is 5.11 Å². The third-order valence-corrected chi connectivity index (χ3v) is 3.59. The molecule has 0 saturated heterocycles. The number of phenols is 1. The Bertz CT molecular complexity index is 610. The van der Waals surface area contributed by atoms with Crippen LogP contribution in [0, 0.1) is 0 Å². The highest BCUT2D eigenvalue weighted by atomic mass is 32.1. The van der Waals surface area contributed by atoms with Crippen LogP contribution in [0.2, 0.25) is 0 Å². The molecule has 0 unspecified atom stereocenters. The normalized spacial score (nSPS) is 11.1. The van der Waals surface area contributed by atoms with Crippen molar-refractivity contribution in [2.75, 3.05) is 0 Å². The maximum absolute atomic E-state index is 9.68. The van der Waals surface area contributed by atoms with Crippen molar-refractivity contribution in [3.05, 3.63) is 42.5 Å². The number of aromatic hydroxyl groups is 1. The Labute approximate surface area is 85.2 Å². The molecular formula is C12H8OS. The first-order chi connectivity index (χ1) is 6.86. The number of rotatable bonds is 0. The molecule has 0 aliphatic carbocycles. The predicted octanol–water partition coefficient (Wildman–Crippen LogP) is 3.76. The lowest BCUT2D eigenvalue weighted by molar-refractivity contribution is 0.482. The van der Waals surface area contributed by atoms with Crippen LogP contribution in [0.25, 0.3) is 20.2 Å². The van der Waals surface area contributed by atoms with Crippen LogP contribution < -0.4 is 0 Å². The average Bonchev–Trinajstić information content (AvgIpc) is 2.59. The van der Waals surface area contributed by atoms with Crippen molar-refractivity contribution in [2.45, 2.75) is 0 Å². The van der Waals surface area contributed by atoms with Gasteiger partial charge in [-0.05, 0) is 12.1 Å².